The van der Waals surface area contributed by atoms with Crippen LogP contribution in [-0.2, 0) is 4.74 Å². The Morgan fingerprint density at radius 1 is 1.28 bits per heavy atom. The zero-order valence-electron chi connectivity index (χ0n) is 13.6. The molecule has 2 aromatic carbocycles. The van der Waals surface area contributed by atoms with Gasteiger partial charge >= 0.3 is 6.09 Å². The molecule has 1 aliphatic rings. The molecule has 1 heterocycles. The van der Waals surface area contributed by atoms with Gasteiger partial charge < -0.3 is 14.8 Å². The molecule has 0 radical (unpaired) electrons. The second-order valence-corrected chi connectivity index (χ2v) is 5.50. The molecule has 7 heteroatoms. The van der Waals surface area contributed by atoms with Gasteiger partial charge in [-0.25, -0.2) is 9.18 Å². The number of anilines is 1. The maximum Gasteiger partial charge on any atom is 0.414 e. The molecule has 130 valence electrons. The maximum absolute atomic E-state index is 13.0. The van der Waals surface area contributed by atoms with E-state index in [1.807, 2.05) is 0 Å². The van der Waals surface area contributed by atoms with Gasteiger partial charge in [-0.05, 0) is 36.4 Å². The van der Waals surface area contributed by atoms with Crippen molar-refractivity contribution in [2.45, 2.75) is 6.10 Å². The molecule has 2 aromatic rings. The van der Waals surface area contributed by atoms with Gasteiger partial charge in [0.1, 0.15) is 17.7 Å². The minimum atomic E-state index is -0.525. The van der Waals surface area contributed by atoms with E-state index in [9.17, 15) is 14.0 Å². The van der Waals surface area contributed by atoms with Crippen LogP contribution >= 0.6 is 0 Å². The molecule has 2 amide bonds. The van der Waals surface area contributed by atoms with Crippen molar-refractivity contribution < 1.29 is 23.5 Å². The number of nitrogens with one attached hydrogen (secondary N) is 1. The Labute approximate surface area is 144 Å². The predicted molar refractivity (Wildman–Crippen MR) is 89.3 cm³/mol. The summed E-state index contributed by atoms with van der Waals surface area (Å²) in [7, 11) is 1.49. The molecular formula is C18H17FN2O4. The largest absolute Gasteiger partial charge is 0.496 e. The van der Waals surface area contributed by atoms with E-state index >= 15 is 0 Å². The number of nitrogens with zero attached hydrogens (tertiary/aromatic N) is 1. The molecule has 0 spiro atoms. The van der Waals surface area contributed by atoms with Gasteiger partial charge in [0.15, 0.2) is 0 Å². The first-order chi connectivity index (χ1) is 12.1. The molecule has 0 aromatic heterocycles. The topological polar surface area (TPSA) is 67.9 Å². The van der Waals surface area contributed by atoms with Gasteiger partial charge in [-0.2, -0.15) is 0 Å². The highest BCUT2D eigenvalue weighted by atomic mass is 19.1. The number of methoxy groups -OCH3 is 1. The van der Waals surface area contributed by atoms with Crippen LogP contribution < -0.4 is 15.0 Å². The third-order valence-electron chi connectivity index (χ3n) is 3.85. The first-order valence-corrected chi connectivity index (χ1v) is 7.73. The van der Waals surface area contributed by atoms with Crippen LogP contribution in [0.2, 0.25) is 0 Å². The van der Waals surface area contributed by atoms with Crippen molar-refractivity contribution in [3.05, 3.63) is 59.9 Å². The van der Waals surface area contributed by atoms with E-state index in [1.54, 1.807) is 24.3 Å². The van der Waals surface area contributed by atoms with Gasteiger partial charge in [0.05, 0.1) is 25.8 Å². The lowest BCUT2D eigenvalue weighted by Crippen LogP contribution is -2.34. The number of hydrogen-bond acceptors (Lipinski definition) is 4. The highest BCUT2D eigenvalue weighted by Gasteiger charge is 2.32. The number of halogens is 1. The summed E-state index contributed by atoms with van der Waals surface area (Å²) in [6, 6.07) is 12.4. The summed E-state index contributed by atoms with van der Waals surface area (Å²) in [6.45, 7) is 0.441. The van der Waals surface area contributed by atoms with E-state index in [1.165, 1.54) is 36.3 Å². The van der Waals surface area contributed by atoms with E-state index in [0.29, 0.717) is 17.0 Å². The summed E-state index contributed by atoms with van der Waals surface area (Å²) in [5.74, 6) is -0.220. The highest BCUT2D eigenvalue weighted by Crippen LogP contribution is 2.22. The number of benzene rings is 2. The summed E-state index contributed by atoms with van der Waals surface area (Å²) in [5, 5.41) is 2.73. The highest BCUT2D eigenvalue weighted by molar-refractivity contribution is 5.97. The fraction of sp³-hybridized carbons (Fsp3) is 0.222. The Morgan fingerprint density at radius 3 is 2.72 bits per heavy atom. The molecule has 0 aliphatic carbocycles. The molecule has 0 bridgehead atoms. The normalized spacial score (nSPS) is 16.5. The Bertz CT molecular complexity index is 779. The number of hydrogen-bond donors (Lipinski definition) is 1. The van der Waals surface area contributed by atoms with Gasteiger partial charge in [-0.15, -0.1) is 0 Å². The monoisotopic (exact) mass is 344 g/mol. The van der Waals surface area contributed by atoms with Crippen molar-refractivity contribution in [1.82, 2.24) is 5.32 Å². The van der Waals surface area contributed by atoms with E-state index in [0.717, 1.165) is 0 Å². The van der Waals surface area contributed by atoms with Gasteiger partial charge in [0, 0.05) is 5.69 Å². The van der Waals surface area contributed by atoms with Gasteiger partial charge in [0.25, 0.3) is 5.91 Å². The molecule has 1 fully saturated rings. The van der Waals surface area contributed by atoms with Crippen molar-refractivity contribution in [3.63, 3.8) is 0 Å². The van der Waals surface area contributed by atoms with Crippen molar-refractivity contribution in [1.29, 1.82) is 0 Å². The summed E-state index contributed by atoms with van der Waals surface area (Å²) >= 11 is 0. The number of ether oxygens (including phenoxy) is 2. The first-order valence-electron chi connectivity index (χ1n) is 7.73. The van der Waals surface area contributed by atoms with Crippen LogP contribution in [0.25, 0.3) is 0 Å². The lowest BCUT2D eigenvalue weighted by atomic mass is 10.2. The van der Waals surface area contributed by atoms with E-state index in [-0.39, 0.29) is 24.8 Å². The number of carbonyl (C=O) groups is 2. The summed E-state index contributed by atoms with van der Waals surface area (Å²) in [6.07, 6.45) is -1.01. The van der Waals surface area contributed by atoms with Gasteiger partial charge in [-0.3, -0.25) is 9.69 Å². The minimum absolute atomic E-state index is 0.167. The van der Waals surface area contributed by atoms with Gasteiger partial charge in [-0.1, -0.05) is 12.1 Å². The minimum Gasteiger partial charge on any atom is -0.496 e. The molecule has 3 rings (SSSR count). The zero-order valence-corrected chi connectivity index (χ0v) is 13.6. The maximum atomic E-state index is 13.0. The summed E-state index contributed by atoms with van der Waals surface area (Å²) in [4.78, 5) is 25.6. The van der Waals surface area contributed by atoms with E-state index in [2.05, 4.69) is 5.32 Å². The fourth-order valence-electron chi connectivity index (χ4n) is 2.59. The molecule has 1 N–H and O–H groups in total. The third kappa shape index (κ3) is 3.71. The van der Waals surface area contributed by atoms with Crippen LogP contribution in [0.15, 0.2) is 48.5 Å². The zero-order chi connectivity index (χ0) is 17.8. The number of para-hydroxylation sites is 1. The SMILES string of the molecule is COc1ccccc1C(=O)NCC1CN(c2ccc(F)cc2)C(=O)O1. The van der Waals surface area contributed by atoms with Crippen LogP contribution in [-0.4, -0.2) is 38.3 Å². The fourth-order valence-corrected chi connectivity index (χ4v) is 2.59. The average molecular weight is 344 g/mol. The standard InChI is InChI=1S/C18H17FN2O4/c1-24-16-5-3-2-4-15(16)17(22)20-10-14-11-21(18(23)25-14)13-8-6-12(19)7-9-13/h2-9,14H,10-11H2,1H3,(H,20,22). The Kier molecular flexibility index (Phi) is 4.83. The molecular weight excluding hydrogens is 327 g/mol. The lowest BCUT2D eigenvalue weighted by molar-refractivity contribution is 0.0913. The second-order valence-electron chi connectivity index (χ2n) is 5.50. The second kappa shape index (κ2) is 7.21. The van der Waals surface area contributed by atoms with Crippen LogP contribution in [0.3, 0.4) is 0 Å². The van der Waals surface area contributed by atoms with Crippen LogP contribution in [0.4, 0.5) is 14.9 Å². The Hall–Kier alpha value is -3.09. The number of amides is 2. The third-order valence-corrected chi connectivity index (χ3v) is 3.85. The van der Waals surface area contributed by atoms with E-state index < -0.39 is 12.2 Å². The summed E-state index contributed by atoms with van der Waals surface area (Å²) < 4.78 is 23.4. The Balaban J connectivity index is 1.60. The quantitative estimate of drug-likeness (QED) is 0.905. The molecule has 1 saturated heterocycles. The molecule has 1 unspecified atom stereocenters. The number of rotatable bonds is 5. The van der Waals surface area contributed by atoms with Crippen molar-refractivity contribution in [2.75, 3.05) is 25.1 Å². The average Bonchev–Trinajstić information content (AvgIpc) is 3.01. The van der Waals surface area contributed by atoms with Crippen molar-refractivity contribution >= 4 is 17.7 Å². The van der Waals surface area contributed by atoms with Crippen LogP contribution in [0.1, 0.15) is 10.4 Å². The molecule has 1 atom stereocenters. The van der Waals surface area contributed by atoms with E-state index in [4.69, 9.17) is 9.47 Å². The lowest BCUT2D eigenvalue weighted by Gasteiger charge is -2.13. The molecule has 0 saturated carbocycles. The number of cyclic esters (lactones) is 1. The molecule has 25 heavy (non-hydrogen) atoms. The van der Waals surface area contributed by atoms with Crippen molar-refractivity contribution in [2.24, 2.45) is 0 Å². The number of carbonyl (C=O) groups excluding carboxylic acids is 2. The van der Waals surface area contributed by atoms with Crippen LogP contribution in [0.5, 0.6) is 5.75 Å². The van der Waals surface area contributed by atoms with Crippen LogP contribution in [0, 0.1) is 5.82 Å². The van der Waals surface area contributed by atoms with Gasteiger partial charge in [0.2, 0.25) is 0 Å². The Morgan fingerprint density at radius 2 is 2.00 bits per heavy atom. The smallest absolute Gasteiger partial charge is 0.414 e. The predicted octanol–water partition coefficient (Wildman–Crippen LogP) is 2.59. The molecule has 1 aliphatic heterocycles. The first kappa shape index (κ1) is 16.8. The summed E-state index contributed by atoms with van der Waals surface area (Å²) in [5.41, 5.74) is 0.953. The van der Waals surface area contributed by atoms with Crippen molar-refractivity contribution in [3.8, 4) is 5.75 Å². The molecule has 6 nitrogen and oxygen atoms in total.